The molecule has 1 aromatic carbocycles. The summed E-state index contributed by atoms with van der Waals surface area (Å²) in [7, 11) is 0. The second-order valence-electron chi connectivity index (χ2n) is 7.01. The van der Waals surface area contributed by atoms with Gasteiger partial charge in [-0.2, -0.15) is 5.26 Å². The Kier molecular flexibility index (Phi) is 4.21. The van der Waals surface area contributed by atoms with Crippen molar-refractivity contribution in [2.24, 2.45) is 5.92 Å². The van der Waals surface area contributed by atoms with Crippen molar-refractivity contribution in [2.75, 3.05) is 25.0 Å². The van der Waals surface area contributed by atoms with Crippen LogP contribution in [0.5, 0.6) is 0 Å². The summed E-state index contributed by atoms with van der Waals surface area (Å²) in [5.41, 5.74) is 3.86. The number of carbonyl (C=O) groups excluding carboxylic acids is 1. The normalized spacial score (nSPS) is 21.4. The highest BCUT2D eigenvalue weighted by molar-refractivity contribution is 5.90. The van der Waals surface area contributed by atoms with E-state index in [-0.39, 0.29) is 12.1 Å². The number of urea groups is 1. The first-order chi connectivity index (χ1) is 12.6. The van der Waals surface area contributed by atoms with E-state index in [2.05, 4.69) is 16.5 Å². The molecule has 0 bridgehead atoms. The lowest BCUT2D eigenvalue weighted by Crippen LogP contribution is -2.41. The molecule has 2 aliphatic rings. The zero-order chi connectivity index (χ0) is 18.1. The number of aromatic nitrogens is 1. The zero-order valence-electron chi connectivity index (χ0n) is 14.7. The van der Waals surface area contributed by atoms with E-state index in [9.17, 15) is 4.79 Å². The van der Waals surface area contributed by atoms with Crippen LogP contribution in [-0.2, 0) is 0 Å². The van der Waals surface area contributed by atoms with E-state index in [4.69, 9.17) is 5.26 Å². The monoisotopic (exact) mass is 347 g/mol. The molecule has 2 saturated heterocycles. The number of fused-ring (bicyclic) bond motifs is 1. The summed E-state index contributed by atoms with van der Waals surface area (Å²) in [5.74, 6) is 0.409. The van der Waals surface area contributed by atoms with Crippen LogP contribution in [-0.4, -0.2) is 46.5 Å². The van der Waals surface area contributed by atoms with Crippen LogP contribution in [0.4, 0.5) is 10.5 Å². The van der Waals surface area contributed by atoms with Crippen molar-refractivity contribution < 1.29 is 4.79 Å². The average Bonchev–Trinajstić information content (AvgIpc) is 3.22. The molecule has 1 aromatic heterocycles. The first-order valence-electron chi connectivity index (χ1n) is 8.89. The molecule has 0 spiro atoms. The van der Waals surface area contributed by atoms with Gasteiger partial charge in [0.2, 0.25) is 0 Å². The average molecular weight is 347 g/mol. The van der Waals surface area contributed by atoms with Gasteiger partial charge in [-0.15, -0.1) is 0 Å². The molecule has 3 heterocycles. The Morgan fingerprint density at radius 1 is 1.27 bits per heavy atom. The van der Waals surface area contributed by atoms with Gasteiger partial charge in [-0.25, -0.2) is 4.79 Å². The van der Waals surface area contributed by atoms with Gasteiger partial charge in [-0.1, -0.05) is 12.1 Å². The fraction of sp³-hybridized carbons (Fsp3) is 0.350. The first-order valence-corrected chi connectivity index (χ1v) is 8.89. The maximum atomic E-state index is 12.8. The van der Waals surface area contributed by atoms with Crippen LogP contribution in [0.1, 0.15) is 12.1 Å². The summed E-state index contributed by atoms with van der Waals surface area (Å²) in [5, 5.41) is 12.1. The Morgan fingerprint density at radius 2 is 2.12 bits per heavy atom. The van der Waals surface area contributed by atoms with Crippen LogP contribution in [0, 0.1) is 24.3 Å². The Morgan fingerprint density at radius 3 is 2.92 bits per heavy atom. The van der Waals surface area contributed by atoms with Crippen molar-refractivity contribution in [3.8, 4) is 17.3 Å². The topological polar surface area (TPSA) is 72.3 Å². The summed E-state index contributed by atoms with van der Waals surface area (Å²) in [6.07, 6.45) is 4.96. The van der Waals surface area contributed by atoms with Crippen LogP contribution in [0.3, 0.4) is 0 Å². The molecule has 4 rings (SSSR count). The second-order valence-corrected chi connectivity index (χ2v) is 7.01. The van der Waals surface area contributed by atoms with Crippen LogP contribution in [0.15, 0.2) is 42.6 Å². The minimum absolute atomic E-state index is 0.0830. The van der Waals surface area contributed by atoms with Crippen molar-refractivity contribution in [1.29, 1.82) is 5.26 Å². The van der Waals surface area contributed by atoms with Crippen molar-refractivity contribution in [1.82, 2.24) is 14.8 Å². The molecule has 2 aromatic rings. The number of benzene rings is 1. The van der Waals surface area contributed by atoms with Crippen LogP contribution < -0.4 is 5.32 Å². The van der Waals surface area contributed by atoms with Crippen LogP contribution >= 0.6 is 0 Å². The summed E-state index contributed by atoms with van der Waals surface area (Å²) in [6, 6.07) is 11.9. The van der Waals surface area contributed by atoms with Gasteiger partial charge in [0.05, 0.1) is 6.04 Å². The molecular formula is C20H21N5O. The molecule has 6 nitrogen and oxygen atoms in total. The standard InChI is InChI=1S/C20H21N5O/c1-14-9-16(5-7-22-14)15-3-2-4-18(10-15)23-20(26)25-8-6-17-11-24(13-21)12-19(17)25/h2-5,7,9-10,17,19H,6,8,11-12H2,1H3,(H,23,26). The number of pyridine rings is 1. The molecule has 26 heavy (non-hydrogen) atoms. The highest BCUT2D eigenvalue weighted by Crippen LogP contribution is 2.31. The number of nitriles is 1. The Balaban J connectivity index is 1.49. The van der Waals surface area contributed by atoms with Gasteiger partial charge >= 0.3 is 6.03 Å². The maximum Gasteiger partial charge on any atom is 0.322 e. The molecule has 2 aliphatic heterocycles. The molecule has 0 aliphatic carbocycles. The second kappa shape index (κ2) is 6.68. The van der Waals surface area contributed by atoms with E-state index in [1.165, 1.54) is 0 Å². The molecule has 6 heteroatoms. The Bertz CT molecular complexity index is 875. The molecule has 1 N–H and O–H groups in total. The fourth-order valence-electron chi connectivity index (χ4n) is 3.99. The third kappa shape index (κ3) is 3.08. The molecule has 0 saturated carbocycles. The Hall–Kier alpha value is -3.07. The zero-order valence-corrected chi connectivity index (χ0v) is 14.7. The van der Waals surface area contributed by atoms with E-state index in [0.29, 0.717) is 12.5 Å². The molecule has 2 amide bonds. The number of carbonyl (C=O) groups is 1. The summed E-state index contributed by atoms with van der Waals surface area (Å²) in [6.45, 7) is 4.13. The van der Waals surface area contributed by atoms with Crippen molar-refractivity contribution in [3.05, 3.63) is 48.3 Å². The highest BCUT2D eigenvalue weighted by Gasteiger charge is 2.43. The van der Waals surface area contributed by atoms with Gasteiger partial charge in [0.15, 0.2) is 6.19 Å². The van der Waals surface area contributed by atoms with Crippen molar-refractivity contribution >= 4 is 11.7 Å². The van der Waals surface area contributed by atoms with Crippen molar-refractivity contribution in [2.45, 2.75) is 19.4 Å². The minimum Gasteiger partial charge on any atom is -0.319 e. The van der Waals surface area contributed by atoms with E-state index < -0.39 is 0 Å². The highest BCUT2D eigenvalue weighted by atomic mass is 16.2. The van der Waals surface area contributed by atoms with E-state index in [0.717, 1.165) is 42.0 Å². The molecule has 132 valence electrons. The van der Waals surface area contributed by atoms with Crippen LogP contribution in [0.25, 0.3) is 11.1 Å². The molecule has 2 fully saturated rings. The number of hydrogen-bond donors (Lipinski definition) is 1. The number of rotatable bonds is 2. The predicted octanol–water partition coefficient (Wildman–Crippen LogP) is 3.08. The number of nitrogens with one attached hydrogen (secondary N) is 1. The smallest absolute Gasteiger partial charge is 0.319 e. The lowest BCUT2D eigenvalue weighted by atomic mass is 10.1. The SMILES string of the molecule is Cc1cc(-c2cccc(NC(=O)N3CCC4CN(C#N)CC43)c2)ccn1. The third-order valence-electron chi connectivity index (χ3n) is 5.29. The van der Waals surface area contributed by atoms with Gasteiger partial charge in [-0.05, 0) is 48.7 Å². The molecule has 2 atom stereocenters. The maximum absolute atomic E-state index is 12.8. The molecular weight excluding hydrogens is 326 g/mol. The number of anilines is 1. The fourth-order valence-corrected chi connectivity index (χ4v) is 3.99. The lowest BCUT2D eigenvalue weighted by molar-refractivity contribution is 0.204. The quantitative estimate of drug-likeness (QED) is 0.848. The van der Waals surface area contributed by atoms with E-state index in [1.54, 1.807) is 11.1 Å². The number of amides is 2. The van der Waals surface area contributed by atoms with Crippen molar-refractivity contribution in [3.63, 3.8) is 0 Å². The van der Waals surface area contributed by atoms with E-state index in [1.807, 2.05) is 48.2 Å². The van der Waals surface area contributed by atoms with Gasteiger partial charge in [-0.3, -0.25) is 4.98 Å². The Labute approximate surface area is 153 Å². The third-order valence-corrected chi connectivity index (χ3v) is 5.29. The largest absolute Gasteiger partial charge is 0.322 e. The number of aryl methyl sites for hydroxylation is 1. The first kappa shape index (κ1) is 16.4. The number of nitrogens with zero attached hydrogens (tertiary/aromatic N) is 4. The van der Waals surface area contributed by atoms with Gasteiger partial charge in [0, 0.05) is 43.1 Å². The van der Waals surface area contributed by atoms with Gasteiger partial charge in [0.25, 0.3) is 0 Å². The lowest BCUT2D eigenvalue weighted by Gasteiger charge is -2.24. The van der Waals surface area contributed by atoms with E-state index >= 15 is 0 Å². The summed E-state index contributed by atoms with van der Waals surface area (Å²) < 4.78 is 0. The van der Waals surface area contributed by atoms with Crippen LogP contribution in [0.2, 0.25) is 0 Å². The minimum atomic E-state index is -0.0830. The molecule has 0 radical (unpaired) electrons. The predicted molar refractivity (Wildman–Crippen MR) is 99.2 cm³/mol. The van der Waals surface area contributed by atoms with Gasteiger partial charge in [0.1, 0.15) is 0 Å². The summed E-state index contributed by atoms with van der Waals surface area (Å²) in [4.78, 5) is 20.6. The summed E-state index contributed by atoms with van der Waals surface area (Å²) >= 11 is 0. The molecule has 2 unspecified atom stereocenters. The van der Waals surface area contributed by atoms with Gasteiger partial charge < -0.3 is 15.1 Å². The number of likely N-dealkylation sites (tertiary alicyclic amines) is 2. The number of hydrogen-bond acceptors (Lipinski definition) is 4.